The topological polar surface area (TPSA) is 91.9 Å². The molecule has 1 aromatic heterocycles. The number of amides is 1. The van der Waals surface area contributed by atoms with Gasteiger partial charge in [0, 0.05) is 6.08 Å². The summed E-state index contributed by atoms with van der Waals surface area (Å²) in [7, 11) is 0. The van der Waals surface area contributed by atoms with E-state index in [0.717, 1.165) is 43.9 Å². The zero-order chi connectivity index (χ0) is 16.2. The number of rotatable bonds is 4. The van der Waals surface area contributed by atoms with Gasteiger partial charge in [-0.2, -0.15) is 0 Å². The normalized spacial score (nSPS) is 24.1. The molecule has 0 radical (unpaired) electrons. The van der Waals surface area contributed by atoms with E-state index in [0.29, 0.717) is 15.8 Å². The molecule has 1 aromatic rings. The lowest BCUT2D eigenvalue weighted by Gasteiger charge is -2.25. The van der Waals surface area contributed by atoms with Gasteiger partial charge in [-0.15, -0.1) is 0 Å². The third-order valence-electron chi connectivity index (χ3n) is 4.07. The molecule has 3 rings (SSSR count). The van der Waals surface area contributed by atoms with Crippen molar-refractivity contribution in [1.82, 2.24) is 5.32 Å². The van der Waals surface area contributed by atoms with Gasteiger partial charge in [-0.25, -0.2) is 9.79 Å². The molecule has 1 saturated carbocycles. The fourth-order valence-electron chi connectivity index (χ4n) is 2.93. The Hall–Kier alpha value is -2.02. The largest absolute Gasteiger partial charge is 0.480 e. The summed E-state index contributed by atoms with van der Waals surface area (Å²) < 4.78 is 5.19. The van der Waals surface area contributed by atoms with Crippen LogP contribution in [0.15, 0.2) is 32.7 Å². The molecule has 1 atom stereocenters. The SMILES string of the molecule is O=C1NC(=N[C@@H](C(=O)O)C2CCCCC2)S/C1=C\c1ccco1. The van der Waals surface area contributed by atoms with Gasteiger partial charge in [0.2, 0.25) is 0 Å². The quantitative estimate of drug-likeness (QED) is 0.826. The van der Waals surface area contributed by atoms with E-state index in [9.17, 15) is 14.7 Å². The predicted octanol–water partition coefficient (Wildman–Crippen LogP) is 2.87. The number of nitrogens with one attached hydrogen (secondary N) is 1. The number of nitrogens with zero attached hydrogens (tertiary/aromatic N) is 1. The van der Waals surface area contributed by atoms with E-state index in [4.69, 9.17) is 4.42 Å². The standard InChI is InChI=1S/C16H18N2O4S/c19-14-12(9-11-7-4-8-22-11)23-16(18-14)17-13(15(20)21)10-5-2-1-3-6-10/h4,7-10,13H,1-3,5-6H2,(H,20,21)(H,17,18,19)/b12-9-/t13-/m1/s1. The second-order valence-corrected chi connectivity index (χ2v) is 6.73. The molecule has 1 aliphatic carbocycles. The van der Waals surface area contributed by atoms with Gasteiger partial charge in [0.05, 0.1) is 11.2 Å². The number of carbonyl (C=O) groups excluding carboxylic acids is 1. The van der Waals surface area contributed by atoms with Crippen LogP contribution in [0.25, 0.3) is 6.08 Å². The summed E-state index contributed by atoms with van der Waals surface area (Å²) in [5.41, 5.74) is 0. The highest BCUT2D eigenvalue weighted by Crippen LogP contribution is 2.31. The molecule has 0 bridgehead atoms. The Morgan fingerprint density at radius 1 is 1.43 bits per heavy atom. The van der Waals surface area contributed by atoms with E-state index < -0.39 is 12.0 Å². The highest BCUT2D eigenvalue weighted by atomic mass is 32.2. The van der Waals surface area contributed by atoms with Crippen LogP contribution < -0.4 is 5.32 Å². The second-order valence-electron chi connectivity index (χ2n) is 5.70. The molecular formula is C16H18N2O4S. The molecule has 23 heavy (non-hydrogen) atoms. The third kappa shape index (κ3) is 3.85. The summed E-state index contributed by atoms with van der Waals surface area (Å²) in [6, 6.07) is 2.70. The van der Waals surface area contributed by atoms with E-state index >= 15 is 0 Å². The Morgan fingerprint density at radius 3 is 2.87 bits per heavy atom. The Balaban J connectivity index is 1.76. The summed E-state index contributed by atoms with van der Waals surface area (Å²) in [4.78, 5) is 28.3. The summed E-state index contributed by atoms with van der Waals surface area (Å²) >= 11 is 1.15. The lowest BCUT2D eigenvalue weighted by molar-refractivity contribution is -0.140. The van der Waals surface area contributed by atoms with Crippen molar-refractivity contribution in [3.63, 3.8) is 0 Å². The van der Waals surface area contributed by atoms with Gasteiger partial charge in [-0.05, 0) is 42.7 Å². The molecule has 0 unspecified atom stereocenters. The van der Waals surface area contributed by atoms with Crippen molar-refractivity contribution in [2.24, 2.45) is 10.9 Å². The van der Waals surface area contributed by atoms with Crippen LogP contribution in [0, 0.1) is 5.92 Å². The average Bonchev–Trinajstić information content (AvgIpc) is 3.16. The van der Waals surface area contributed by atoms with Crippen molar-refractivity contribution < 1.29 is 19.1 Å². The number of thioether (sulfide) groups is 1. The molecule has 122 valence electrons. The molecule has 2 heterocycles. The highest BCUT2D eigenvalue weighted by Gasteiger charge is 2.32. The number of hydrogen-bond acceptors (Lipinski definition) is 5. The first-order chi connectivity index (χ1) is 11.1. The lowest BCUT2D eigenvalue weighted by atomic mass is 9.84. The molecule has 2 fully saturated rings. The Bertz CT molecular complexity index is 645. The van der Waals surface area contributed by atoms with Crippen molar-refractivity contribution in [3.8, 4) is 0 Å². The maximum absolute atomic E-state index is 12.0. The van der Waals surface area contributed by atoms with Gasteiger partial charge < -0.3 is 14.8 Å². The number of carboxylic acid groups (broad SMARTS) is 1. The van der Waals surface area contributed by atoms with E-state index in [-0.39, 0.29) is 11.8 Å². The first-order valence-corrected chi connectivity index (χ1v) is 8.50. The predicted molar refractivity (Wildman–Crippen MR) is 87.9 cm³/mol. The van der Waals surface area contributed by atoms with Crippen molar-refractivity contribution in [3.05, 3.63) is 29.1 Å². The number of hydrogen-bond donors (Lipinski definition) is 2. The number of furan rings is 1. The molecule has 7 heteroatoms. The summed E-state index contributed by atoms with van der Waals surface area (Å²) in [5, 5.41) is 12.5. The summed E-state index contributed by atoms with van der Waals surface area (Å²) in [6.45, 7) is 0. The van der Waals surface area contributed by atoms with Gasteiger partial charge in [0.25, 0.3) is 5.91 Å². The molecule has 2 N–H and O–H groups in total. The second kappa shape index (κ2) is 7.04. The molecule has 6 nitrogen and oxygen atoms in total. The zero-order valence-corrected chi connectivity index (χ0v) is 13.3. The average molecular weight is 334 g/mol. The van der Waals surface area contributed by atoms with E-state index in [1.54, 1.807) is 18.2 Å². The summed E-state index contributed by atoms with van der Waals surface area (Å²) in [6.07, 6.45) is 8.15. The van der Waals surface area contributed by atoms with Gasteiger partial charge in [0.15, 0.2) is 11.2 Å². The number of aliphatic imine (C=N–C) groups is 1. The smallest absolute Gasteiger partial charge is 0.328 e. The molecule has 0 spiro atoms. The van der Waals surface area contributed by atoms with E-state index in [1.165, 1.54) is 6.26 Å². The fourth-order valence-corrected chi connectivity index (χ4v) is 3.77. The monoisotopic (exact) mass is 334 g/mol. The van der Waals surface area contributed by atoms with E-state index in [2.05, 4.69) is 10.3 Å². The number of aliphatic carboxylic acids is 1. The molecule has 1 saturated heterocycles. The summed E-state index contributed by atoms with van der Waals surface area (Å²) in [5.74, 6) is -0.587. The molecule has 1 aliphatic heterocycles. The van der Waals surface area contributed by atoms with Crippen LogP contribution in [-0.4, -0.2) is 28.2 Å². The van der Waals surface area contributed by atoms with Crippen LogP contribution in [0.4, 0.5) is 0 Å². The van der Waals surface area contributed by atoms with Crippen LogP contribution in [0.5, 0.6) is 0 Å². The maximum atomic E-state index is 12.0. The minimum atomic E-state index is -0.928. The Morgan fingerprint density at radius 2 is 2.22 bits per heavy atom. The van der Waals surface area contributed by atoms with Crippen LogP contribution >= 0.6 is 11.8 Å². The maximum Gasteiger partial charge on any atom is 0.328 e. The van der Waals surface area contributed by atoms with E-state index in [1.807, 2.05) is 0 Å². The first-order valence-electron chi connectivity index (χ1n) is 7.68. The molecule has 2 aliphatic rings. The third-order valence-corrected chi connectivity index (χ3v) is 5.00. The van der Waals surface area contributed by atoms with Crippen LogP contribution in [0.3, 0.4) is 0 Å². The number of carbonyl (C=O) groups is 2. The zero-order valence-electron chi connectivity index (χ0n) is 12.5. The number of amidine groups is 1. The molecule has 0 aromatic carbocycles. The van der Waals surface area contributed by atoms with Crippen molar-refractivity contribution >= 4 is 34.9 Å². The lowest BCUT2D eigenvalue weighted by Crippen LogP contribution is -2.32. The van der Waals surface area contributed by atoms with Crippen LogP contribution in [0.1, 0.15) is 37.9 Å². The molecular weight excluding hydrogens is 316 g/mol. The number of carboxylic acids is 1. The van der Waals surface area contributed by atoms with Crippen molar-refractivity contribution in [2.75, 3.05) is 0 Å². The van der Waals surface area contributed by atoms with Crippen molar-refractivity contribution in [1.29, 1.82) is 0 Å². The van der Waals surface area contributed by atoms with Gasteiger partial charge >= 0.3 is 5.97 Å². The van der Waals surface area contributed by atoms with Gasteiger partial charge in [-0.1, -0.05) is 19.3 Å². The minimum absolute atomic E-state index is 0.0457. The molecule has 1 amide bonds. The first kappa shape index (κ1) is 15.9. The minimum Gasteiger partial charge on any atom is -0.480 e. The fraction of sp³-hybridized carbons (Fsp3) is 0.438. The van der Waals surface area contributed by atoms with Gasteiger partial charge in [-0.3, -0.25) is 4.79 Å². The van der Waals surface area contributed by atoms with Crippen LogP contribution in [-0.2, 0) is 9.59 Å². The van der Waals surface area contributed by atoms with Crippen molar-refractivity contribution in [2.45, 2.75) is 38.1 Å². The highest BCUT2D eigenvalue weighted by molar-refractivity contribution is 8.18. The van der Waals surface area contributed by atoms with Gasteiger partial charge in [0.1, 0.15) is 5.76 Å². The van der Waals surface area contributed by atoms with Crippen LogP contribution in [0.2, 0.25) is 0 Å². The Kier molecular flexibility index (Phi) is 4.85. The Labute approximate surface area is 138 Å².